The molecule has 6 nitrogen and oxygen atoms in total. The van der Waals surface area contributed by atoms with E-state index in [1.54, 1.807) is 36.4 Å². The second kappa shape index (κ2) is 11.6. The van der Waals surface area contributed by atoms with Gasteiger partial charge >= 0.3 is 0 Å². The highest BCUT2D eigenvalue weighted by molar-refractivity contribution is 6.07. The van der Waals surface area contributed by atoms with Gasteiger partial charge in [0.25, 0.3) is 5.69 Å². The molecule has 0 aliphatic heterocycles. The van der Waals surface area contributed by atoms with Crippen LogP contribution in [-0.4, -0.2) is 23.9 Å². The predicted molar refractivity (Wildman–Crippen MR) is 114 cm³/mol. The molecule has 0 saturated heterocycles. The molecule has 2 aromatic rings. The highest BCUT2D eigenvalue weighted by Gasteiger charge is 2.11. The molecular formula is C23H27NO5. The number of carbonyl (C=O) groups is 1. The largest absolute Gasteiger partial charge is 0.490 e. The van der Waals surface area contributed by atoms with Crippen LogP contribution in [0.2, 0.25) is 0 Å². The van der Waals surface area contributed by atoms with E-state index in [-0.39, 0.29) is 11.5 Å². The van der Waals surface area contributed by atoms with Gasteiger partial charge in [-0.15, -0.1) is 0 Å². The lowest BCUT2D eigenvalue weighted by atomic mass is 10.1. The summed E-state index contributed by atoms with van der Waals surface area (Å²) in [5.41, 5.74) is 1.05. The minimum atomic E-state index is -0.462. The van der Waals surface area contributed by atoms with Crippen LogP contribution >= 0.6 is 0 Å². The lowest BCUT2D eigenvalue weighted by Crippen LogP contribution is -2.04. The first-order valence-corrected chi connectivity index (χ1v) is 9.91. The molecule has 0 aromatic heterocycles. The average molecular weight is 397 g/mol. The van der Waals surface area contributed by atoms with Crippen molar-refractivity contribution in [1.29, 1.82) is 0 Å². The number of allylic oxidation sites excluding steroid dienone is 1. The van der Waals surface area contributed by atoms with E-state index < -0.39 is 4.92 Å². The number of nitro groups is 1. The SMILES string of the molecule is CCCCOc1ccc(C(=O)/C=C/c2cccc([N+](=O)[O-])c2)cc1OCCCC. The summed E-state index contributed by atoms with van der Waals surface area (Å²) in [5.74, 6) is 0.981. The summed E-state index contributed by atoms with van der Waals surface area (Å²) < 4.78 is 11.6. The minimum absolute atomic E-state index is 0.0141. The maximum absolute atomic E-state index is 12.6. The summed E-state index contributed by atoms with van der Waals surface area (Å²) in [7, 11) is 0. The molecule has 6 heteroatoms. The fourth-order valence-corrected chi connectivity index (χ4v) is 2.56. The van der Waals surface area contributed by atoms with E-state index in [9.17, 15) is 14.9 Å². The molecule has 0 spiro atoms. The van der Waals surface area contributed by atoms with Gasteiger partial charge in [0, 0.05) is 17.7 Å². The number of non-ortho nitro benzene ring substituents is 1. The Morgan fingerprint density at radius 3 is 2.34 bits per heavy atom. The van der Waals surface area contributed by atoms with Gasteiger partial charge in [-0.2, -0.15) is 0 Å². The van der Waals surface area contributed by atoms with Crippen molar-refractivity contribution in [2.75, 3.05) is 13.2 Å². The zero-order valence-corrected chi connectivity index (χ0v) is 16.9. The standard InChI is InChI=1S/C23H27NO5/c1-3-5-14-28-22-13-11-19(17-23(22)29-15-6-4-2)21(25)12-10-18-8-7-9-20(16-18)24(26)27/h7-13,16-17H,3-6,14-15H2,1-2H3/b12-10+. The topological polar surface area (TPSA) is 78.7 Å². The summed E-state index contributed by atoms with van der Waals surface area (Å²) in [6.45, 7) is 5.33. The van der Waals surface area contributed by atoms with E-state index in [1.807, 2.05) is 0 Å². The molecular weight excluding hydrogens is 370 g/mol. The van der Waals surface area contributed by atoms with Gasteiger partial charge in [0.15, 0.2) is 17.3 Å². The van der Waals surface area contributed by atoms with Crippen LogP contribution in [0.5, 0.6) is 11.5 Å². The van der Waals surface area contributed by atoms with Gasteiger partial charge in [0.2, 0.25) is 0 Å². The smallest absolute Gasteiger partial charge is 0.270 e. The Morgan fingerprint density at radius 2 is 1.69 bits per heavy atom. The van der Waals surface area contributed by atoms with E-state index in [4.69, 9.17) is 9.47 Å². The second-order valence-electron chi connectivity index (χ2n) is 6.62. The molecule has 0 atom stereocenters. The summed E-state index contributed by atoms with van der Waals surface area (Å²) in [4.78, 5) is 23.0. The normalized spacial score (nSPS) is 10.8. The van der Waals surface area contributed by atoms with Crippen molar-refractivity contribution in [1.82, 2.24) is 0 Å². The number of hydrogen-bond acceptors (Lipinski definition) is 5. The third-order valence-corrected chi connectivity index (χ3v) is 4.25. The fraction of sp³-hybridized carbons (Fsp3) is 0.348. The van der Waals surface area contributed by atoms with Crippen molar-refractivity contribution in [3.05, 3.63) is 69.8 Å². The van der Waals surface area contributed by atoms with Gasteiger partial charge in [0.1, 0.15) is 0 Å². The number of ketones is 1. The van der Waals surface area contributed by atoms with E-state index in [0.29, 0.717) is 35.8 Å². The van der Waals surface area contributed by atoms with E-state index in [2.05, 4.69) is 13.8 Å². The van der Waals surface area contributed by atoms with Gasteiger partial charge in [-0.3, -0.25) is 14.9 Å². The van der Waals surface area contributed by atoms with Crippen LogP contribution in [0.25, 0.3) is 6.08 Å². The molecule has 0 radical (unpaired) electrons. The van der Waals surface area contributed by atoms with Gasteiger partial charge < -0.3 is 9.47 Å². The van der Waals surface area contributed by atoms with Crippen LogP contribution in [0.4, 0.5) is 5.69 Å². The van der Waals surface area contributed by atoms with Gasteiger partial charge in [-0.1, -0.05) is 44.9 Å². The number of nitro benzene ring substituents is 1. The van der Waals surface area contributed by atoms with E-state index in [1.165, 1.54) is 18.2 Å². The summed E-state index contributed by atoms with van der Waals surface area (Å²) in [5, 5.41) is 10.9. The molecule has 2 aromatic carbocycles. The number of benzene rings is 2. The summed E-state index contributed by atoms with van der Waals surface area (Å²) in [6.07, 6.45) is 6.88. The summed E-state index contributed by atoms with van der Waals surface area (Å²) in [6, 6.07) is 11.3. The fourth-order valence-electron chi connectivity index (χ4n) is 2.56. The molecule has 29 heavy (non-hydrogen) atoms. The van der Waals surface area contributed by atoms with Crippen LogP contribution in [0, 0.1) is 10.1 Å². The van der Waals surface area contributed by atoms with Crippen LogP contribution < -0.4 is 9.47 Å². The van der Waals surface area contributed by atoms with Crippen LogP contribution in [0.1, 0.15) is 55.5 Å². The highest BCUT2D eigenvalue weighted by Crippen LogP contribution is 2.29. The quantitative estimate of drug-likeness (QED) is 0.148. The highest BCUT2D eigenvalue weighted by atomic mass is 16.6. The molecule has 154 valence electrons. The molecule has 0 heterocycles. The lowest BCUT2D eigenvalue weighted by Gasteiger charge is -2.13. The molecule has 0 aliphatic carbocycles. The summed E-state index contributed by atoms with van der Waals surface area (Å²) >= 11 is 0. The van der Waals surface area contributed by atoms with Crippen LogP contribution in [0.3, 0.4) is 0 Å². The van der Waals surface area contributed by atoms with Gasteiger partial charge in [0.05, 0.1) is 18.1 Å². The molecule has 2 rings (SSSR count). The van der Waals surface area contributed by atoms with Crippen molar-refractivity contribution >= 4 is 17.5 Å². The Kier molecular flexibility index (Phi) is 8.89. The first-order valence-electron chi connectivity index (χ1n) is 9.91. The first kappa shape index (κ1) is 22.1. The Balaban J connectivity index is 2.16. The third-order valence-electron chi connectivity index (χ3n) is 4.25. The van der Waals surface area contributed by atoms with Crippen LogP contribution in [0.15, 0.2) is 48.5 Å². The third kappa shape index (κ3) is 7.07. The van der Waals surface area contributed by atoms with Crippen molar-refractivity contribution in [3.63, 3.8) is 0 Å². The second-order valence-corrected chi connectivity index (χ2v) is 6.62. The monoisotopic (exact) mass is 397 g/mol. The Hall–Kier alpha value is -3.15. The van der Waals surface area contributed by atoms with Crippen molar-refractivity contribution in [2.45, 2.75) is 39.5 Å². The number of carbonyl (C=O) groups excluding carboxylic acids is 1. The molecule has 0 unspecified atom stereocenters. The number of ether oxygens (including phenoxy) is 2. The molecule has 0 amide bonds. The zero-order chi connectivity index (χ0) is 21.1. The number of nitrogens with zero attached hydrogens (tertiary/aromatic N) is 1. The van der Waals surface area contributed by atoms with Crippen molar-refractivity contribution < 1.29 is 19.2 Å². The number of hydrogen-bond donors (Lipinski definition) is 0. The average Bonchev–Trinajstić information content (AvgIpc) is 2.73. The predicted octanol–water partition coefficient (Wildman–Crippen LogP) is 5.85. The minimum Gasteiger partial charge on any atom is -0.490 e. The number of rotatable bonds is 12. The van der Waals surface area contributed by atoms with Gasteiger partial charge in [-0.05, 0) is 42.7 Å². The van der Waals surface area contributed by atoms with E-state index in [0.717, 1.165) is 25.7 Å². The molecule has 0 bridgehead atoms. The number of unbranched alkanes of at least 4 members (excludes halogenated alkanes) is 2. The first-order chi connectivity index (χ1) is 14.0. The van der Waals surface area contributed by atoms with Crippen molar-refractivity contribution in [3.8, 4) is 11.5 Å². The lowest BCUT2D eigenvalue weighted by molar-refractivity contribution is -0.384. The molecule has 0 fully saturated rings. The zero-order valence-electron chi connectivity index (χ0n) is 16.9. The Morgan fingerprint density at radius 1 is 1.00 bits per heavy atom. The maximum Gasteiger partial charge on any atom is 0.270 e. The van der Waals surface area contributed by atoms with E-state index >= 15 is 0 Å². The molecule has 0 N–H and O–H groups in total. The van der Waals surface area contributed by atoms with Crippen LogP contribution in [-0.2, 0) is 0 Å². The Labute approximate surface area is 171 Å². The van der Waals surface area contributed by atoms with Gasteiger partial charge in [-0.25, -0.2) is 0 Å². The molecule has 0 saturated carbocycles. The van der Waals surface area contributed by atoms with Crippen molar-refractivity contribution in [2.24, 2.45) is 0 Å². The molecule has 0 aliphatic rings. The maximum atomic E-state index is 12.6. The Bertz CT molecular complexity index is 860.